The minimum atomic E-state index is -1.23. The molecule has 1 aliphatic heterocycles. The summed E-state index contributed by atoms with van der Waals surface area (Å²) in [5.74, 6) is 0.942. The fourth-order valence-corrected chi connectivity index (χ4v) is 4.13. The number of aryl methyl sites for hydroxylation is 1. The van der Waals surface area contributed by atoms with Gasteiger partial charge in [-0.2, -0.15) is 0 Å². The van der Waals surface area contributed by atoms with Crippen molar-refractivity contribution in [3.63, 3.8) is 0 Å². The molecule has 0 aromatic carbocycles. The number of aromatic nitrogens is 4. The predicted octanol–water partition coefficient (Wildman–Crippen LogP) is 1.08. The van der Waals surface area contributed by atoms with Crippen LogP contribution in [0.1, 0.15) is 31.8 Å². The van der Waals surface area contributed by atoms with Crippen molar-refractivity contribution in [2.45, 2.75) is 50.7 Å². The average Bonchev–Trinajstić information content (AvgIpc) is 3.08. The van der Waals surface area contributed by atoms with Gasteiger partial charge in [0.15, 0.2) is 17.7 Å². The van der Waals surface area contributed by atoms with Crippen molar-refractivity contribution in [2.75, 3.05) is 25.2 Å². The monoisotopic (exact) mass is 381 g/mol. The van der Waals surface area contributed by atoms with Crippen LogP contribution < -0.4 is 5.73 Å². The Morgan fingerprint density at radius 1 is 1.31 bits per heavy atom. The number of nitrogen functional groups attached to an aromatic ring is 1. The van der Waals surface area contributed by atoms with E-state index in [2.05, 4.69) is 34.6 Å². The van der Waals surface area contributed by atoms with E-state index in [0.717, 1.165) is 12.6 Å². The zero-order valence-corrected chi connectivity index (χ0v) is 16.4. The third kappa shape index (κ3) is 3.78. The number of anilines is 1. The van der Waals surface area contributed by atoms with Crippen LogP contribution in [0.25, 0.3) is 11.2 Å². The Kier molecular flexibility index (Phi) is 5.40. The SMILES string of the molecule is C=P(C)(C)CCC1O[C@@H](n2cnc3c(N)nc(CCC)nc32)[C@H](O)[C@@H]1O. The van der Waals surface area contributed by atoms with Crippen molar-refractivity contribution in [1.29, 1.82) is 0 Å². The Balaban J connectivity index is 1.90. The maximum Gasteiger partial charge on any atom is 0.167 e. The molecular formula is C17H28N5O3P. The standard InChI is InChI=1S/C17H28N5O3P/c1-5-6-11-20-15(18)12-16(21-11)22(9-19-12)17-14(24)13(23)10(25-17)7-8-26(2,3)4/h9-10,13-14,17,23-24H,2,5-8H2,1,3-4H3,(H2,18,20,21)/t10?,13-,14-,17-/m1/s1. The van der Waals surface area contributed by atoms with Crippen molar-refractivity contribution in [1.82, 2.24) is 19.5 Å². The van der Waals surface area contributed by atoms with Gasteiger partial charge < -0.3 is 20.7 Å². The first-order valence-electron chi connectivity index (χ1n) is 8.89. The quantitative estimate of drug-likeness (QED) is 0.641. The van der Waals surface area contributed by atoms with Crippen LogP contribution in [0.2, 0.25) is 0 Å². The molecule has 0 spiro atoms. The summed E-state index contributed by atoms with van der Waals surface area (Å²) in [7, 11) is 0. The van der Waals surface area contributed by atoms with E-state index in [9.17, 15) is 10.2 Å². The molecule has 144 valence electrons. The molecular weight excluding hydrogens is 353 g/mol. The number of aliphatic hydroxyl groups excluding tert-OH is 2. The second kappa shape index (κ2) is 7.27. The minimum Gasteiger partial charge on any atom is -0.388 e. The molecule has 4 N–H and O–H groups in total. The molecule has 0 bridgehead atoms. The molecule has 0 aliphatic carbocycles. The van der Waals surface area contributed by atoms with E-state index >= 15 is 0 Å². The van der Waals surface area contributed by atoms with E-state index in [1.807, 2.05) is 6.92 Å². The third-order valence-corrected chi connectivity index (χ3v) is 6.07. The van der Waals surface area contributed by atoms with Gasteiger partial charge >= 0.3 is 0 Å². The van der Waals surface area contributed by atoms with Gasteiger partial charge in [0.1, 0.15) is 23.5 Å². The van der Waals surface area contributed by atoms with E-state index in [0.29, 0.717) is 35.6 Å². The van der Waals surface area contributed by atoms with Gasteiger partial charge in [0.2, 0.25) is 0 Å². The normalized spacial score (nSPS) is 26.7. The van der Waals surface area contributed by atoms with Crippen molar-refractivity contribution in [2.24, 2.45) is 0 Å². The topological polar surface area (TPSA) is 119 Å². The lowest BCUT2D eigenvalue weighted by Gasteiger charge is -2.18. The Hall–Kier alpha value is -1.47. The highest BCUT2D eigenvalue weighted by Gasteiger charge is 2.44. The molecule has 3 rings (SSSR count). The highest BCUT2D eigenvalue weighted by Crippen LogP contribution is 2.40. The van der Waals surface area contributed by atoms with Crippen LogP contribution in [0.15, 0.2) is 6.33 Å². The number of imidazole rings is 1. The lowest BCUT2D eigenvalue weighted by molar-refractivity contribution is -0.0353. The van der Waals surface area contributed by atoms with Gasteiger partial charge in [-0.05, 0) is 32.3 Å². The van der Waals surface area contributed by atoms with Gasteiger partial charge in [0, 0.05) is 6.42 Å². The fourth-order valence-electron chi connectivity index (χ4n) is 3.18. The largest absolute Gasteiger partial charge is 0.388 e. The van der Waals surface area contributed by atoms with Crippen molar-refractivity contribution < 1.29 is 14.9 Å². The van der Waals surface area contributed by atoms with Crippen molar-refractivity contribution in [3.8, 4) is 0 Å². The molecule has 1 unspecified atom stereocenters. The maximum absolute atomic E-state index is 10.5. The lowest BCUT2D eigenvalue weighted by atomic mass is 10.1. The Morgan fingerprint density at radius 3 is 2.69 bits per heavy atom. The molecule has 0 radical (unpaired) electrons. The zero-order valence-electron chi connectivity index (χ0n) is 15.5. The number of hydrogen-bond donors (Lipinski definition) is 3. The Morgan fingerprint density at radius 2 is 2.04 bits per heavy atom. The highest BCUT2D eigenvalue weighted by atomic mass is 31.2. The molecule has 0 amide bonds. The molecule has 0 saturated carbocycles. The molecule has 8 nitrogen and oxygen atoms in total. The number of nitrogens with zero attached hydrogens (tertiary/aromatic N) is 4. The molecule has 2 aromatic heterocycles. The molecule has 1 saturated heterocycles. The summed E-state index contributed by atoms with van der Waals surface area (Å²) < 4.78 is 7.63. The van der Waals surface area contributed by atoms with Crippen molar-refractivity contribution >= 4 is 30.2 Å². The average molecular weight is 381 g/mol. The van der Waals surface area contributed by atoms with E-state index in [-0.39, 0.29) is 0 Å². The van der Waals surface area contributed by atoms with Crippen LogP contribution in [0.5, 0.6) is 0 Å². The smallest absolute Gasteiger partial charge is 0.167 e. The van der Waals surface area contributed by atoms with E-state index in [1.54, 1.807) is 4.57 Å². The van der Waals surface area contributed by atoms with Gasteiger partial charge in [0.25, 0.3) is 0 Å². The second-order valence-electron chi connectivity index (χ2n) is 7.59. The molecule has 26 heavy (non-hydrogen) atoms. The summed E-state index contributed by atoms with van der Waals surface area (Å²) in [4.78, 5) is 13.1. The first kappa shape index (κ1) is 19.3. The fraction of sp³-hybridized carbons (Fsp3) is 0.647. The van der Waals surface area contributed by atoms with Gasteiger partial charge in [-0.3, -0.25) is 4.57 Å². The molecule has 3 heterocycles. The summed E-state index contributed by atoms with van der Waals surface area (Å²) in [5.41, 5.74) is 6.99. The Bertz CT molecular complexity index is 833. The highest BCUT2D eigenvalue weighted by molar-refractivity contribution is 7.72. The summed E-state index contributed by atoms with van der Waals surface area (Å²) in [6.45, 7) is 5.09. The van der Waals surface area contributed by atoms with Gasteiger partial charge in [0.05, 0.1) is 12.4 Å². The molecule has 1 fully saturated rings. The van der Waals surface area contributed by atoms with Crippen molar-refractivity contribution in [3.05, 3.63) is 12.2 Å². The van der Waals surface area contributed by atoms with Gasteiger partial charge in [-0.25, -0.2) is 15.0 Å². The number of fused-ring (bicyclic) bond motifs is 1. The number of rotatable bonds is 6. The van der Waals surface area contributed by atoms with Crippen LogP contribution >= 0.6 is 6.89 Å². The predicted molar refractivity (Wildman–Crippen MR) is 105 cm³/mol. The first-order valence-corrected chi connectivity index (χ1v) is 11.9. The summed E-state index contributed by atoms with van der Waals surface area (Å²) in [6, 6.07) is 0. The summed E-state index contributed by atoms with van der Waals surface area (Å²) in [5, 5.41) is 20.9. The van der Waals surface area contributed by atoms with Crippen LogP contribution in [0.4, 0.5) is 5.82 Å². The van der Waals surface area contributed by atoms with E-state index in [1.165, 1.54) is 6.33 Å². The summed E-state index contributed by atoms with van der Waals surface area (Å²) >= 11 is 0. The van der Waals surface area contributed by atoms with E-state index < -0.39 is 31.4 Å². The second-order valence-corrected chi connectivity index (χ2v) is 11.9. The lowest BCUT2D eigenvalue weighted by Crippen LogP contribution is -2.31. The van der Waals surface area contributed by atoms with Crippen LogP contribution in [-0.2, 0) is 11.2 Å². The number of aliphatic hydroxyl groups is 2. The van der Waals surface area contributed by atoms with E-state index in [4.69, 9.17) is 10.5 Å². The number of hydrogen-bond acceptors (Lipinski definition) is 7. The van der Waals surface area contributed by atoms with Crippen LogP contribution in [0.3, 0.4) is 0 Å². The van der Waals surface area contributed by atoms with Crippen LogP contribution in [0, 0.1) is 0 Å². The zero-order chi connectivity index (χ0) is 19.1. The number of nitrogens with two attached hydrogens (primary N) is 1. The molecule has 9 heteroatoms. The van der Waals surface area contributed by atoms with Gasteiger partial charge in [-0.1, -0.05) is 6.92 Å². The first-order chi connectivity index (χ1) is 12.2. The van der Waals surface area contributed by atoms with Gasteiger partial charge in [-0.15, -0.1) is 13.2 Å². The summed E-state index contributed by atoms with van der Waals surface area (Å²) in [6.07, 6.45) is 5.64. The number of ether oxygens (including phenoxy) is 1. The third-order valence-electron chi connectivity index (χ3n) is 4.60. The minimum absolute atomic E-state index is 0.311. The molecule has 2 aromatic rings. The maximum atomic E-state index is 10.5. The molecule has 4 atom stereocenters. The Labute approximate surface area is 153 Å². The molecule has 1 aliphatic rings. The van der Waals surface area contributed by atoms with Crippen LogP contribution in [-0.4, -0.2) is 73.8 Å².